The predicted octanol–water partition coefficient (Wildman–Crippen LogP) is 14.4. The fraction of sp³-hybridized carbons (Fsp3) is 0.458. The first-order valence-corrected chi connectivity index (χ1v) is 20.7. The molecule has 0 atom stereocenters. The standard InChI is InChI=1S/C35H36NS.C13H24O2.Ir/c1-23-29-18-19-36-32(34(29)37-33(23)26-16-14-24(15-17-26)22-35(2,3)4)28-20-27-12-8-9-13-30(27)31(21-28)25-10-6-5-7-11-25;1-5-10(6-2)12(14)9-13(15)11(7-3)8-4;/h8-9,12-19,21,25H,5-7,10-11,22H2,1-4H3;9-11,14H,5-8H2,1-4H3;/q-1;;/b;12-9-;. The van der Waals surface area contributed by atoms with E-state index in [9.17, 15) is 9.90 Å². The molecule has 3 nitrogen and oxygen atoms in total. The molecule has 1 N–H and O–H groups in total. The van der Waals surface area contributed by atoms with Gasteiger partial charge < -0.3 is 5.11 Å². The van der Waals surface area contributed by atoms with Gasteiger partial charge in [0, 0.05) is 59.5 Å². The molecule has 2 aromatic heterocycles. The van der Waals surface area contributed by atoms with Gasteiger partial charge in [-0.1, -0.05) is 121 Å². The number of thiophene rings is 1. The molecule has 0 saturated heterocycles. The molecule has 53 heavy (non-hydrogen) atoms. The molecule has 6 rings (SSSR count). The van der Waals surface area contributed by atoms with E-state index in [-0.39, 0.29) is 43.5 Å². The molecule has 285 valence electrons. The van der Waals surface area contributed by atoms with Crippen molar-refractivity contribution < 1.29 is 30.0 Å². The molecule has 1 fully saturated rings. The van der Waals surface area contributed by atoms with Crippen LogP contribution in [-0.2, 0) is 31.3 Å². The number of ketones is 1. The zero-order chi connectivity index (χ0) is 37.4. The molecule has 0 bridgehead atoms. The summed E-state index contributed by atoms with van der Waals surface area (Å²) >= 11 is 1.88. The predicted molar refractivity (Wildman–Crippen MR) is 224 cm³/mol. The summed E-state index contributed by atoms with van der Waals surface area (Å²) in [6.07, 6.45) is 14.6. The number of rotatable bonds is 11. The molecule has 3 aromatic carbocycles. The Kier molecular flexibility index (Phi) is 15.7. The van der Waals surface area contributed by atoms with Crippen molar-refractivity contribution in [3.8, 4) is 21.7 Å². The molecule has 1 aliphatic rings. The minimum absolute atomic E-state index is 0. The topological polar surface area (TPSA) is 50.2 Å². The molecule has 0 spiro atoms. The third-order valence-electron chi connectivity index (χ3n) is 11.0. The van der Waals surface area contributed by atoms with Gasteiger partial charge in [0.05, 0.1) is 5.76 Å². The number of aryl methyl sites for hydroxylation is 1. The van der Waals surface area contributed by atoms with E-state index < -0.39 is 0 Å². The van der Waals surface area contributed by atoms with Crippen LogP contribution < -0.4 is 0 Å². The van der Waals surface area contributed by atoms with Gasteiger partial charge in [-0.15, -0.1) is 40.5 Å². The van der Waals surface area contributed by atoms with Gasteiger partial charge in [-0.25, -0.2) is 0 Å². The van der Waals surface area contributed by atoms with Gasteiger partial charge in [-0.2, -0.15) is 0 Å². The summed E-state index contributed by atoms with van der Waals surface area (Å²) in [5, 5.41) is 13.6. The van der Waals surface area contributed by atoms with Crippen LogP contribution in [0.15, 0.2) is 78.7 Å². The Hall–Kier alpha value is -3.11. The van der Waals surface area contributed by atoms with Crippen LogP contribution in [0.1, 0.15) is 129 Å². The first kappa shape index (κ1) is 42.6. The Morgan fingerprint density at radius 1 is 0.906 bits per heavy atom. The van der Waals surface area contributed by atoms with Crippen molar-refractivity contribution in [3.63, 3.8) is 0 Å². The van der Waals surface area contributed by atoms with Gasteiger partial charge in [0.1, 0.15) is 0 Å². The normalized spacial score (nSPS) is 14.0. The maximum Gasteiger partial charge on any atom is 0.162 e. The second-order valence-electron chi connectivity index (χ2n) is 16.0. The van der Waals surface area contributed by atoms with Crippen LogP contribution in [0.4, 0.5) is 0 Å². The van der Waals surface area contributed by atoms with E-state index in [1.165, 1.54) is 86.2 Å². The van der Waals surface area contributed by atoms with Crippen LogP contribution in [0, 0.1) is 30.2 Å². The number of hydrogen-bond donors (Lipinski definition) is 1. The second-order valence-corrected chi connectivity index (χ2v) is 17.1. The quantitative estimate of drug-likeness (QED) is 0.0816. The van der Waals surface area contributed by atoms with Gasteiger partial charge in [0.2, 0.25) is 0 Å². The summed E-state index contributed by atoms with van der Waals surface area (Å²) < 4.78 is 1.27. The summed E-state index contributed by atoms with van der Waals surface area (Å²) in [6.45, 7) is 17.2. The Labute approximate surface area is 337 Å². The van der Waals surface area contributed by atoms with Crippen molar-refractivity contribution in [1.29, 1.82) is 0 Å². The van der Waals surface area contributed by atoms with E-state index in [0.29, 0.717) is 11.3 Å². The first-order valence-electron chi connectivity index (χ1n) is 19.8. The van der Waals surface area contributed by atoms with Crippen LogP contribution >= 0.6 is 11.3 Å². The van der Waals surface area contributed by atoms with Crippen LogP contribution in [-0.4, -0.2) is 15.9 Å². The van der Waals surface area contributed by atoms with Gasteiger partial charge in [-0.05, 0) is 91.3 Å². The monoisotopic (exact) mass is 907 g/mol. The Bertz CT molecular complexity index is 1970. The summed E-state index contributed by atoms with van der Waals surface area (Å²) in [6, 6.07) is 26.4. The van der Waals surface area contributed by atoms with Gasteiger partial charge >= 0.3 is 0 Å². The number of fused-ring (bicyclic) bond motifs is 2. The average molecular weight is 907 g/mol. The first-order chi connectivity index (χ1) is 25.0. The molecule has 2 heterocycles. The molecule has 0 aliphatic heterocycles. The fourth-order valence-electron chi connectivity index (χ4n) is 7.92. The Morgan fingerprint density at radius 2 is 1.55 bits per heavy atom. The van der Waals surface area contributed by atoms with E-state index in [0.717, 1.165) is 43.4 Å². The van der Waals surface area contributed by atoms with E-state index in [4.69, 9.17) is 4.98 Å². The number of carbonyl (C=O) groups is 1. The molecule has 5 heteroatoms. The number of benzene rings is 3. The second kappa shape index (κ2) is 19.5. The van der Waals surface area contributed by atoms with E-state index in [1.54, 1.807) is 0 Å². The third kappa shape index (κ3) is 10.6. The van der Waals surface area contributed by atoms with Crippen LogP contribution in [0.3, 0.4) is 0 Å². The molecule has 1 radical (unpaired) electrons. The molecule has 0 unspecified atom stereocenters. The van der Waals surface area contributed by atoms with Crippen molar-refractivity contribution in [2.75, 3.05) is 0 Å². The van der Waals surface area contributed by atoms with Crippen molar-refractivity contribution in [1.82, 2.24) is 4.98 Å². The van der Waals surface area contributed by atoms with E-state index in [1.807, 2.05) is 45.2 Å². The number of aliphatic hydroxyl groups is 1. The van der Waals surface area contributed by atoms with E-state index >= 15 is 0 Å². The summed E-state index contributed by atoms with van der Waals surface area (Å²) in [4.78, 5) is 18.0. The van der Waals surface area contributed by atoms with Gasteiger partial charge in [0.15, 0.2) is 5.78 Å². The van der Waals surface area contributed by atoms with Crippen LogP contribution in [0.25, 0.3) is 42.6 Å². The maximum absolute atomic E-state index is 11.7. The maximum atomic E-state index is 11.7. The van der Waals surface area contributed by atoms with Gasteiger partial charge in [0.25, 0.3) is 0 Å². The smallest absolute Gasteiger partial charge is 0.162 e. The largest absolute Gasteiger partial charge is 0.512 e. The number of nitrogens with zero attached hydrogens (tertiary/aromatic N) is 1. The molecule has 1 saturated carbocycles. The van der Waals surface area contributed by atoms with Crippen molar-refractivity contribution in [2.45, 2.75) is 126 Å². The summed E-state index contributed by atoms with van der Waals surface area (Å²) in [5.74, 6) is 1.18. The van der Waals surface area contributed by atoms with Crippen LogP contribution in [0.5, 0.6) is 0 Å². The minimum atomic E-state index is 0. The molecule has 1 aliphatic carbocycles. The summed E-state index contributed by atoms with van der Waals surface area (Å²) in [7, 11) is 0. The number of carbonyl (C=O) groups excluding carboxylic acids is 1. The number of aromatic nitrogens is 1. The number of hydrogen-bond acceptors (Lipinski definition) is 4. The zero-order valence-corrected chi connectivity index (χ0v) is 36.5. The summed E-state index contributed by atoms with van der Waals surface area (Å²) in [5.41, 5.74) is 8.04. The number of pyridine rings is 1. The fourth-order valence-corrected chi connectivity index (χ4v) is 9.23. The zero-order valence-electron chi connectivity index (χ0n) is 33.3. The van der Waals surface area contributed by atoms with E-state index in [2.05, 4.69) is 94.4 Å². The molecular weight excluding hydrogens is 847 g/mol. The SMILES string of the molecule is CCC(CC)C(=O)/C=C(\O)C(CC)CC.Cc1c(-c2ccc(CC(C)(C)C)cc2)sc2c(-c3[c-]c4ccccc4c(C4CCCCC4)c3)nccc12.[Ir]. The molecule has 0 amide bonds. The van der Waals surface area contributed by atoms with Crippen molar-refractivity contribution in [2.24, 2.45) is 17.3 Å². The molecular formula is C48H60IrNO2S-. The Morgan fingerprint density at radius 3 is 2.17 bits per heavy atom. The van der Waals surface area contributed by atoms with Crippen molar-refractivity contribution in [3.05, 3.63) is 101 Å². The number of allylic oxidation sites excluding steroid dienone is 2. The van der Waals surface area contributed by atoms with Crippen LogP contribution in [0.2, 0.25) is 0 Å². The third-order valence-corrected chi connectivity index (χ3v) is 12.4. The minimum Gasteiger partial charge on any atom is -0.512 e. The molecule has 5 aromatic rings. The Balaban J connectivity index is 0.000000335. The van der Waals surface area contributed by atoms with Gasteiger partial charge in [-0.3, -0.25) is 9.78 Å². The number of aliphatic hydroxyl groups excluding tert-OH is 1. The van der Waals surface area contributed by atoms with Crippen molar-refractivity contribution >= 4 is 38.0 Å². The average Bonchev–Trinajstić information content (AvgIpc) is 3.48.